The molecule has 0 unspecified atom stereocenters. The molecule has 6 rings (SSSR count). The lowest BCUT2D eigenvalue weighted by molar-refractivity contribution is -0.153. The maximum absolute atomic E-state index is 14.6. The highest BCUT2D eigenvalue weighted by Gasteiger charge is 2.49. The number of H-pyrrole nitrogens is 1. The van der Waals surface area contributed by atoms with Gasteiger partial charge in [0.05, 0.1) is 31.4 Å². The Hall–Kier alpha value is -2.45. The Labute approximate surface area is 208 Å². The molecule has 1 aromatic heterocycles. The standard InChI is InChI=1S/C27H29ClFN3O3/c1-34-27(33)25-15-19-18-4-2-3-5-22(18)30-26(19)24-14-17(31-8-10-35-11-9-31)13-23(32(24)25)16-6-7-20(28)21(29)12-16/h2-7,12,17,23-25,30H,8-11,13-15H2,1H3/t17-,23-,24+,25-/m0/s1. The van der Waals surface area contributed by atoms with E-state index >= 15 is 0 Å². The number of nitrogens with zero attached hydrogens (tertiary/aromatic N) is 2. The van der Waals surface area contributed by atoms with Crippen LogP contribution in [0.15, 0.2) is 42.5 Å². The van der Waals surface area contributed by atoms with Gasteiger partial charge in [-0.1, -0.05) is 35.9 Å². The number of carbonyl (C=O) groups excluding carboxylic acids is 1. The second-order valence-electron chi connectivity index (χ2n) is 9.73. The van der Waals surface area contributed by atoms with E-state index in [4.69, 9.17) is 21.1 Å². The summed E-state index contributed by atoms with van der Waals surface area (Å²) >= 11 is 6.03. The van der Waals surface area contributed by atoms with Crippen molar-refractivity contribution in [2.24, 2.45) is 0 Å². The summed E-state index contributed by atoms with van der Waals surface area (Å²) in [6, 6.07) is 12.9. The molecule has 3 aliphatic heterocycles. The zero-order valence-corrected chi connectivity index (χ0v) is 20.4. The van der Waals surface area contributed by atoms with Gasteiger partial charge in [-0.2, -0.15) is 0 Å². The Balaban J connectivity index is 1.50. The average molecular weight is 498 g/mol. The molecule has 1 N–H and O–H groups in total. The summed E-state index contributed by atoms with van der Waals surface area (Å²) in [6.45, 7) is 3.18. The molecule has 0 bridgehead atoms. The van der Waals surface area contributed by atoms with Crippen LogP contribution in [0.25, 0.3) is 10.9 Å². The highest BCUT2D eigenvalue weighted by atomic mass is 35.5. The minimum atomic E-state index is -0.453. The third-order valence-electron chi connectivity index (χ3n) is 8.01. The number of fused-ring (bicyclic) bond motifs is 5. The molecule has 0 amide bonds. The first-order chi connectivity index (χ1) is 17.0. The van der Waals surface area contributed by atoms with Gasteiger partial charge in [-0.25, -0.2) is 4.39 Å². The first-order valence-electron chi connectivity index (χ1n) is 12.3. The lowest BCUT2D eigenvalue weighted by atomic mass is 9.79. The van der Waals surface area contributed by atoms with Crippen molar-refractivity contribution in [2.45, 2.75) is 43.4 Å². The summed E-state index contributed by atoms with van der Waals surface area (Å²) < 4.78 is 25.5. The van der Waals surface area contributed by atoms with Crippen molar-refractivity contribution < 1.29 is 18.7 Å². The maximum atomic E-state index is 14.6. The Morgan fingerprint density at radius 2 is 1.91 bits per heavy atom. The Morgan fingerprint density at radius 3 is 2.69 bits per heavy atom. The van der Waals surface area contributed by atoms with Crippen LogP contribution in [0.2, 0.25) is 5.02 Å². The van der Waals surface area contributed by atoms with Crippen LogP contribution in [-0.4, -0.2) is 66.2 Å². The molecular formula is C27H29ClFN3O3. The first kappa shape index (κ1) is 23.0. The summed E-state index contributed by atoms with van der Waals surface area (Å²) in [5.41, 5.74) is 4.25. The van der Waals surface area contributed by atoms with E-state index in [1.54, 1.807) is 6.07 Å². The maximum Gasteiger partial charge on any atom is 0.323 e. The fourth-order valence-corrected chi connectivity index (χ4v) is 6.52. The molecule has 6 nitrogen and oxygen atoms in total. The monoisotopic (exact) mass is 497 g/mol. The van der Waals surface area contributed by atoms with Crippen LogP contribution in [-0.2, 0) is 20.7 Å². The number of piperidine rings is 1. The molecule has 0 saturated carbocycles. The number of esters is 1. The van der Waals surface area contributed by atoms with E-state index in [2.05, 4.69) is 26.9 Å². The number of carbonyl (C=O) groups is 1. The van der Waals surface area contributed by atoms with E-state index in [-0.39, 0.29) is 29.1 Å². The zero-order chi connectivity index (χ0) is 24.1. The van der Waals surface area contributed by atoms with Gasteiger partial charge in [-0.05, 0) is 42.2 Å². The molecule has 2 aromatic carbocycles. The third kappa shape index (κ3) is 3.95. The number of para-hydroxylation sites is 1. The molecule has 184 valence electrons. The number of aromatic amines is 1. The highest BCUT2D eigenvalue weighted by Crippen LogP contribution is 2.50. The molecule has 2 saturated heterocycles. The van der Waals surface area contributed by atoms with Gasteiger partial charge in [-0.3, -0.25) is 14.6 Å². The number of rotatable bonds is 3. The van der Waals surface area contributed by atoms with E-state index in [0.29, 0.717) is 19.6 Å². The predicted octanol–water partition coefficient (Wildman–Crippen LogP) is 4.64. The number of halogens is 2. The molecule has 8 heteroatoms. The Bertz CT molecular complexity index is 1260. The number of aromatic nitrogens is 1. The van der Waals surface area contributed by atoms with Crippen LogP contribution in [0.3, 0.4) is 0 Å². The lowest BCUT2D eigenvalue weighted by Crippen LogP contribution is -2.57. The number of morpholine rings is 1. The molecule has 0 radical (unpaired) electrons. The molecule has 4 heterocycles. The molecular weight excluding hydrogens is 469 g/mol. The largest absolute Gasteiger partial charge is 0.468 e. The van der Waals surface area contributed by atoms with E-state index < -0.39 is 11.9 Å². The van der Waals surface area contributed by atoms with Crippen LogP contribution in [0, 0.1) is 5.82 Å². The second kappa shape index (κ2) is 9.21. The molecule has 2 fully saturated rings. The van der Waals surface area contributed by atoms with E-state index in [0.717, 1.165) is 48.1 Å². The number of hydrogen-bond acceptors (Lipinski definition) is 5. The zero-order valence-electron chi connectivity index (χ0n) is 19.7. The minimum absolute atomic E-state index is 0.0272. The molecule has 0 spiro atoms. The van der Waals surface area contributed by atoms with E-state index in [1.807, 2.05) is 18.2 Å². The van der Waals surface area contributed by atoms with Crippen LogP contribution in [0.4, 0.5) is 4.39 Å². The lowest BCUT2D eigenvalue weighted by Gasteiger charge is -2.52. The summed E-state index contributed by atoms with van der Waals surface area (Å²) in [5.74, 6) is -0.692. The number of ether oxygens (including phenoxy) is 2. The molecule has 4 atom stereocenters. The smallest absolute Gasteiger partial charge is 0.323 e. The SMILES string of the molecule is COC(=O)[C@@H]1Cc2c([nH]c3ccccc23)[C@H]2C[C@@H](N3CCOCC3)C[C@@H](c3ccc(Cl)c(F)c3)N21. The quantitative estimate of drug-likeness (QED) is 0.534. The van der Waals surface area contributed by atoms with Gasteiger partial charge in [0.1, 0.15) is 11.9 Å². The van der Waals surface area contributed by atoms with Crippen molar-refractivity contribution in [2.75, 3.05) is 33.4 Å². The topological polar surface area (TPSA) is 57.8 Å². The first-order valence-corrected chi connectivity index (χ1v) is 12.6. The fraction of sp³-hybridized carbons (Fsp3) is 0.444. The van der Waals surface area contributed by atoms with Crippen LogP contribution in [0.5, 0.6) is 0 Å². The van der Waals surface area contributed by atoms with Gasteiger partial charge < -0.3 is 14.5 Å². The summed E-state index contributed by atoms with van der Waals surface area (Å²) in [7, 11) is 1.44. The molecule has 35 heavy (non-hydrogen) atoms. The van der Waals surface area contributed by atoms with Crippen molar-refractivity contribution in [3.63, 3.8) is 0 Å². The molecule has 3 aromatic rings. The third-order valence-corrected chi connectivity index (χ3v) is 8.32. The van der Waals surface area contributed by atoms with Crippen molar-refractivity contribution in [3.05, 3.63) is 70.1 Å². The average Bonchev–Trinajstić information content (AvgIpc) is 3.28. The van der Waals surface area contributed by atoms with Gasteiger partial charge in [0.15, 0.2) is 0 Å². The highest BCUT2D eigenvalue weighted by molar-refractivity contribution is 6.30. The van der Waals surface area contributed by atoms with E-state index in [1.165, 1.54) is 18.7 Å². The molecule has 3 aliphatic rings. The summed E-state index contributed by atoms with van der Waals surface area (Å²) in [6.07, 6.45) is 2.22. The Morgan fingerprint density at radius 1 is 1.14 bits per heavy atom. The van der Waals surface area contributed by atoms with Gasteiger partial charge in [0.25, 0.3) is 0 Å². The fourth-order valence-electron chi connectivity index (χ4n) is 6.41. The van der Waals surface area contributed by atoms with Crippen molar-refractivity contribution >= 4 is 28.5 Å². The van der Waals surface area contributed by atoms with Gasteiger partial charge in [0.2, 0.25) is 0 Å². The van der Waals surface area contributed by atoms with E-state index in [9.17, 15) is 9.18 Å². The van der Waals surface area contributed by atoms with Gasteiger partial charge >= 0.3 is 5.97 Å². The molecule has 0 aliphatic carbocycles. The number of nitrogens with one attached hydrogen (secondary N) is 1. The minimum Gasteiger partial charge on any atom is -0.468 e. The van der Waals surface area contributed by atoms with Crippen LogP contribution >= 0.6 is 11.6 Å². The van der Waals surface area contributed by atoms with Crippen molar-refractivity contribution in [1.82, 2.24) is 14.8 Å². The van der Waals surface area contributed by atoms with Crippen molar-refractivity contribution in [1.29, 1.82) is 0 Å². The van der Waals surface area contributed by atoms with Crippen LogP contribution in [0.1, 0.15) is 41.7 Å². The van der Waals surface area contributed by atoms with Crippen molar-refractivity contribution in [3.8, 4) is 0 Å². The number of hydrogen-bond donors (Lipinski definition) is 1. The number of benzene rings is 2. The normalized spacial score (nSPS) is 27.4. The van der Waals surface area contributed by atoms with Gasteiger partial charge in [0, 0.05) is 48.2 Å². The predicted molar refractivity (Wildman–Crippen MR) is 132 cm³/mol. The summed E-state index contributed by atoms with van der Waals surface area (Å²) in [5, 5.41) is 1.26. The van der Waals surface area contributed by atoms with Crippen LogP contribution < -0.4 is 0 Å². The Kier molecular flexibility index (Phi) is 6.05. The van der Waals surface area contributed by atoms with Gasteiger partial charge in [-0.15, -0.1) is 0 Å². The second-order valence-corrected chi connectivity index (χ2v) is 10.1. The summed E-state index contributed by atoms with van der Waals surface area (Å²) in [4.78, 5) is 21.6. The number of methoxy groups -OCH3 is 1.